The lowest BCUT2D eigenvalue weighted by atomic mass is 10.1. The monoisotopic (exact) mass is 323 g/mol. The van der Waals surface area contributed by atoms with E-state index < -0.39 is 10.8 Å². The molecule has 1 aromatic heterocycles. The fraction of sp³-hybridized carbons (Fsp3) is 0.0625. The number of amides is 1. The van der Waals surface area contributed by atoms with E-state index in [2.05, 4.69) is 22.1 Å². The van der Waals surface area contributed by atoms with E-state index in [0.717, 1.165) is 0 Å². The zero-order valence-corrected chi connectivity index (χ0v) is 12.5. The highest BCUT2D eigenvalue weighted by molar-refractivity contribution is 6.02. The van der Waals surface area contributed by atoms with Crippen molar-refractivity contribution in [1.82, 2.24) is 15.5 Å². The van der Waals surface area contributed by atoms with Crippen molar-refractivity contribution in [2.24, 2.45) is 0 Å². The molecule has 2 rings (SSSR count). The zero-order valence-electron chi connectivity index (χ0n) is 12.5. The molecule has 8 heteroatoms. The second-order valence-corrected chi connectivity index (χ2v) is 4.68. The van der Waals surface area contributed by atoms with Crippen molar-refractivity contribution >= 4 is 17.7 Å². The fourth-order valence-electron chi connectivity index (χ4n) is 1.98. The van der Waals surface area contributed by atoms with Gasteiger partial charge in [-0.15, -0.1) is 6.58 Å². The molecular weight excluding hydrogens is 310 g/mol. The first kappa shape index (κ1) is 16.6. The number of hydrogen-bond acceptors (Lipinski definition) is 5. The molecule has 1 aromatic carbocycles. The summed E-state index contributed by atoms with van der Waals surface area (Å²) < 4.78 is 0. The highest BCUT2D eigenvalue weighted by atomic mass is 16.6. The van der Waals surface area contributed by atoms with Crippen LogP contribution in [0.2, 0.25) is 0 Å². The summed E-state index contributed by atoms with van der Waals surface area (Å²) >= 11 is 0. The molecule has 0 bridgehead atoms. The lowest BCUT2D eigenvalue weighted by Gasteiger charge is -2.02. The standard InChI is InChI=1S/C16H13N5O3/c1-2-6-18-16(22)12(9-17)7-13-10-19-20-15(13)11-4-3-5-14(8-11)21(23)24/h2-5,7-8,10H,1,6H2,(H,18,22)(H,19,20)/b12-7+. The van der Waals surface area contributed by atoms with E-state index >= 15 is 0 Å². The summed E-state index contributed by atoms with van der Waals surface area (Å²) in [5, 5.41) is 29.2. The smallest absolute Gasteiger partial charge is 0.270 e. The highest BCUT2D eigenvalue weighted by Gasteiger charge is 2.14. The molecule has 1 amide bonds. The Morgan fingerprint density at radius 2 is 2.33 bits per heavy atom. The number of carbonyl (C=O) groups excluding carboxylic acids is 1. The Bertz CT molecular complexity index is 861. The number of aromatic nitrogens is 2. The van der Waals surface area contributed by atoms with Crippen molar-refractivity contribution in [1.29, 1.82) is 5.26 Å². The number of nitriles is 1. The number of nitro benzene ring substituents is 1. The molecule has 0 aliphatic rings. The zero-order chi connectivity index (χ0) is 17.5. The van der Waals surface area contributed by atoms with Crippen molar-refractivity contribution in [3.05, 3.63) is 64.4 Å². The lowest BCUT2D eigenvalue weighted by molar-refractivity contribution is -0.384. The average molecular weight is 323 g/mol. The van der Waals surface area contributed by atoms with Crippen LogP contribution >= 0.6 is 0 Å². The number of hydrogen-bond donors (Lipinski definition) is 2. The van der Waals surface area contributed by atoms with Crippen LogP contribution in [0, 0.1) is 21.4 Å². The van der Waals surface area contributed by atoms with Gasteiger partial charge in [-0.1, -0.05) is 18.2 Å². The van der Waals surface area contributed by atoms with Crippen molar-refractivity contribution in [2.75, 3.05) is 6.54 Å². The van der Waals surface area contributed by atoms with Gasteiger partial charge in [0.2, 0.25) is 0 Å². The first-order valence-corrected chi connectivity index (χ1v) is 6.86. The molecule has 0 radical (unpaired) electrons. The second kappa shape index (κ2) is 7.51. The second-order valence-electron chi connectivity index (χ2n) is 4.68. The van der Waals surface area contributed by atoms with Crippen LogP contribution in [0.5, 0.6) is 0 Å². The van der Waals surface area contributed by atoms with Gasteiger partial charge in [0.05, 0.1) is 16.8 Å². The molecule has 1 heterocycles. The third-order valence-electron chi connectivity index (χ3n) is 3.09. The predicted octanol–water partition coefficient (Wildman–Crippen LogP) is 2.19. The number of rotatable bonds is 6. The average Bonchev–Trinajstić information content (AvgIpc) is 3.05. The fourth-order valence-corrected chi connectivity index (χ4v) is 1.98. The quantitative estimate of drug-likeness (QED) is 0.277. The van der Waals surface area contributed by atoms with E-state index in [1.54, 1.807) is 12.1 Å². The summed E-state index contributed by atoms with van der Waals surface area (Å²) in [6.07, 6.45) is 4.31. The molecule has 0 fully saturated rings. The SMILES string of the molecule is C=CCNC(=O)/C(C#N)=C/c1cn[nH]c1-c1cccc([N+](=O)[O-])c1. The van der Waals surface area contributed by atoms with E-state index in [9.17, 15) is 14.9 Å². The van der Waals surface area contributed by atoms with E-state index in [1.165, 1.54) is 30.5 Å². The summed E-state index contributed by atoms with van der Waals surface area (Å²) in [5.74, 6) is -0.538. The molecule has 2 N–H and O–H groups in total. The Morgan fingerprint density at radius 1 is 1.54 bits per heavy atom. The molecule has 24 heavy (non-hydrogen) atoms. The topological polar surface area (TPSA) is 125 Å². The van der Waals surface area contributed by atoms with Gasteiger partial charge in [-0.05, 0) is 6.08 Å². The van der Waals surface area contributed by atoms with Gasteiger partial charge in [-0.2, -0.15) is 10.4 Å². The molecule has 120 valence electrons. The number of nitro groups is 1. The van der Waals surface area contributed by atoms with Crippen LogP contribution in [-0.2, 0) is 4.79 Å². The number of aromatic amines is 1. The number of carbonyl (C=O) groups is 1. The van der Waals surface area contributed by atoms with E-state index in [4.69, 9.17) is 5.26 Å². The van der Waals surface area contributed by atoms with Gasteiger partial charge in [-0.3, -0.25) is 20.0 Å². The Balaban J connectivity index is 2.40. The Morgan fingerprint density at radius 3 is 3.00 bits per heavy atom. The number of non-ortho nitro benzene ring substituents is 1. The number of benzene rings is 1. The van der Waals surface area contributed by atoms with Crippen molar-refractivity contribution in [2.45, 2.75) is 0 Å². The van der Waals surface area contributed by atoms with Gasteiger partial charge in [0.1, 0.15) is 11.6 Å². The summed E-state index contributed by atoms with van der Waals surface area (Å²) in [5.41, 5.74) is 1.30. The molecule has 0 aliphatic heterocycles. The van der Waals surface area contributed by atoms with Gasteiger partial charge in [-0.25, -0.2) is 0 Å². The molecule has 0 unspecified atom stereocenters. The minimum Gasteiger partial charge on any atom is -0.348 e. The normalized spacial score (nSPS) is 10.7. The molecule has 0 aliphatic carbocycles. The summed E-state index contributed by atoms with van der Waals surface area (Å²) in [4.78, 5) is 22.3. The highest BCUT2D eigenvalue weighted by Crippen LogP contribution is 2.26. The first-order valence-electron chi connectivity index (χ1n) is 6.86. The van der Waals surface area contributed by atoms with E-state index in [1.807, 2.05) is 6.07 Å². The summed E-state index contributed by atoms with van der Waals surface area (Å²) in [6, 6.07) is 7.79. The van der Waals surface area contributed by atoms with Crippen LogP contribution in [-0.4, -0.2) is 27.6 Å². The van der Waals surface area contributed by atoms with Crippen LogP contribution in [0.25, 0.3) is 17.3 Å². The Hall–Kier alpha value is -3.73. The molecule has 0 atom stereocenters. The predicted molar refractivity (Wildman–Crippen MR) is 87.5 cm³/mol. The van der Waals surface area contributed by atoms with E-state index in [0.29, 0.717) is 16.8 Å². The molecular formula is C16H13N5O3. The van der Waals surface area contributed by atoms with Crippen molar-refractivity contribution < 1.29 is 9.72 Å². The first-order chi connectivity index (χ1) is 11.6. The minimum atomic E-state index is -0.538. The molecule has 0 saturated carbocycles. The van der Waals surface area contributed by atoms with Crippen molar-refractivity contribution in [3.63, 3.8) is 0 Å². The number of nitrogens with one attached hydrogen (secondary N) is 2. The Kier molecular flexibility index (Phi) is 5.20. The van der Waals surface area contributed by atoms with Crippen LogP contribution in [0.3, 0.4) is 0 Å². The van der Waals surface area contributed by atoms with Crippen LogP contribution in [0.4, 0.5) is 5.69 Å². The molecule has 0 spiro atoms. The third-order valence-corrected chi connectivity index (χ3v) is 3.09. The van der Waals surface area contributed by atoms with Gasteiger partial charge in [0, 0.05) is 29.8 Å². The number of nitrogens with zero attached hydrogens (tertiary/aromatic N) is 3. The van der Waals surface area contributed by atoms with Crippen LogP contribution < -0.4 is 5.32 Å². The number of H-pyrrole nitrogens is 1. The maximum atomic E-state index is 11.9. The maximum Gasteiger partial charge on any atom is 0.270 e. The summed E-state index contributed by atoms with van der Waals surface area (Å²) in [6.45, 7) is 3.72. The third kappa shape index (κ3) is 3.72. The lowest BCUT2D eigenvalue weighted by Crippen LogP contribution is -2.24. The Labute approximate surface area is 137 Å². The van der Waals surface area contributed by atoms with E-state index in [-0.39, 0.29) is 17.8 Å². The van der Waals surface area contributed by atoms with Gasteiger partial charge in [0.25, 0.3) is 11.6 Å². The van der Waals surface area contributed by atoms with Crippen LogP contribution in [0.1, 0.15) is 5.56 Å². The van der Waals surface area contributed by atoms with Crippen molar-refractivity contribution in [3.8, 4) is 17.3 Å². The van der Waals surface area contributed by atoms with Gasteiger partial charge < -0.3 is 5.32 Å². The van der Waals surface area contributed by atoms with Gasteiger partial charge >= 0.3 is 0 Å². The maximum absolute atomic E-state index is 11.9. The van der Waals surface area contributed by atoms with Gasteiger partial charge in [0.15, 0.2) is 0 Å². The minimum absolute atomic E-state index is 0.0683. The van der Waals surface area contributed by atoms with Crippen LogP contribution in [0.15, 0.2) is 48.7 Å². The largest absolute Gasteiger partial charge is 0.348 e. The molecule has 8 nitrogen and oxygen atoms in total. The molecule has 0 saturated heterocycles. The molecule has 2 aromatic rings. The summed E-state index contributed by atoms with van der Waals surface area (Å²) in [7, 11) is 0.